The van der Waals surface area contributed by atoms with E-state index in [2.05, 4.69) is 21.3 Å². The number of nitrogens with one attached hydrogen (secondary N) is 4. The fourth-order valence-corrected chi connectivity index (χ4v) is 2.87. The number of primary amides is 1. The second-order valence-corrected chi connectivity index (χ2v) is 6.20. The Morgan fingerprint density at radius 1 is 1.11 bits per heavy atom. The van der Waals surface area contributed by atoms with E-state index >= 15 is 0 Å². The molecular weight excluding hydrogens is 358 g/mol. The first kappa shape index (κ1) is 21.2. The van der Waals surface area contributed by atoms with Gasteiger partial charge in [-0.25, -0.2) is 0 Å². The van der Waals surface area contributed by atoms with Gasteiger partial charge in [-0.3, -0.25) is 4.79 Å². The van der Waals surface area contributed by atoms with E-state index in [0.29, 0.717) is 17.9 Å². The third kappa shape index (κ3) is 4.58. The Labute approximate surface area is 165 Å². The summed E-state index contributed by atoms with van der Waals surface area (Å²) in [6.45, 7) is 1.75. The molecule has 2 aromatic rings. The summed E-state index contributed by atoms with van der Waals surface area (Å²) < 4.78 is 5.80. The van der Waals surface area contributed by atoms with Crippen LogP contribution in [0.25, 0.3) is 0 Å². The van der Waals surface area contributed by atoms with Gasteiger partial charge in [0.1, 0.15) is 17.4 Å². The Morgan fingerprint density at radius 2 is 1.75 bits per heavy atom. The topological polar surface area (TPSA) is 121 Å². The van der Waals surface area contributed by atoms with Crippen LogP contribution in [-0.4, -0.2) is 44.9 Å². The zero-order valence-electron chi connectivity index (χ0n) is 16.7. The number of hydrogen-bond donors (Lipinski definition) is 6. The molecule has 1 atom stereocenters. The molecule has 1 amide bonds. The van der Waals surface area contributed by atoms with E-state index in [9.17, 15) is 9.90 Å². The average Bonchev–Trinajstić information content (AvgIpc) is 2.71. The number of nitrogens with two attached hydrogens (primary N) is 1. The number of carbonyl (C=O) groups is 1. The van der Waals surface area contributed by atoms with Gasteiger partial charge in [-0.2, -0.15) is 0 Å². The molecule has 0 saturated heterocycles. The van der Waals surface area contributed by atoms with Crippen LogP contribution in [0.2, 0.25) is 0 Å². The summed E-state index contributed by atoms with van der Waals surface area (Å²) in [4.78, 5) is 12.2. The number of rotatable bonds is 10. The zero-order chi connectivity index (χ0) is 20.7. The smallest absolute Gasteiger partial charge is 0.254 e. The first-order valence-electron chi connectivity index (χ1n) is 9.17. The van der Waals surface area contributed by atoms with Crippen LogP contribution in [0.1, 0.15) is 23.7 Å². The quantitative estimate of drug-likeness (QED) is 0.371. The van der Waals surface area contributed by atoms with Gasteiger partial charge in [-0.05, 0) is 30.7 Å². The average molecular weight is 387 g/mol. The van der Waals surface area contributed by atoms with E-state index in [1.165, 1.54) is 0 Å². The van der Waals surface area contributed by atoms with Crippen molar-refractivity contribution in [3.8, 4) is 5.75 Å². The Hall–Kier alpha value is -3.13. The van der Waals surface area contributed by atoms with Gasteiger partial charge in [-0.1, -0.05) is 13.0 Å². The van der Waals surface area contributed by atoms with Crippen molar-refractivity contribution in [1.82, 2.24) is 0 Å². The molecule has 2 aromatic carbocycles. The fourth-order valence-electron chi connectivity index (χ4n) is 2.87. The van der Waals surface area contributed by atoms with Crippen LogP contribution >= 0.6 is 0 Å². The zero-order valence-corrected chi connectivity index (χ0v) is 16.7. The summed E-state index contributed by atoms with van der Waals surface area (Å²) in [5, 5.41) is 22.2. The van der Waals surface area contributed by atoms with Crippen LogP contribution in [-0.2, 0) is 0 Å². The fraction of sp³-hybridized carbons (Fsp3) is 0.350. The van der Waals surface area contributed by atoms with Crippen molar-refractivity contribution in [2.45, 2.75) is 19.4 Å². The van der Waals surface area contributed by atoms with Gasteiger partial charge in [-0.15, -0.1) is 0 Å². The molecular formula is C20H29N5O3. The number of amides is 1. The Balaban J connectivity index is 2.53. The SMILES string of the molecule is CCC(CO)Oc1cccc(Nc2c(NC)cc(NC)cc2NC)c1C(N)=O. The highest BCUT2D eigenvalue weighted by molar-refractivity contribution is 6.03. The molecule has 0 aliphatic carbocycles. The number of anilines is 5. The standard InChI is InChI=1S/C20H29N5O3/c1-5-13(11-26)28-17-8-6-7-14(18(17)20(21)27)25-19-15(23-3)9-12(22-2)10-16(19)24-4/h6-10,13,22-26H,5,11H2,1-4H3,(H2,21,27). The van der Waals surface area contributed by atoms with Crippen LogP contribution in [0.5, 0.6) is 5.75 Å². The van der Waals surface area contributed by atoms with Crippen molar-refractivity contribution >= 4 is 34.3 Å². The van der Waals surface area contributed by atoms with Crippen LogP contribution in [0.15, 0.2) is 30.3 Å². The lowest BCUT2D eigenvalue weighted by Gasteiger charge is -2.22. The van der Waals surface area contributed by atoms with Crippen LogP contribution in [0.3, 0.4) is 0 Å². The predicted octanol–water partition coefficient (Wildman–Crippen LogP) is 2.80. The molecule has 0 heterocycles. The largest absolute Gasteiger partial charge is 0.487 e. The molecule has 28 heavy (non-hydrogen) atoms. The van der Waals surface area contributed by atoms with Gasteiger partial charge < -0.3 is 36.8 Å². The van der Waals surface area contributed by atoms with Crippen LogP contribution < -0.4 is 31.7 Å². The highest BCUT2D eigenvalue weighted by atomic mass is 16.5. The molecule has 0 aliphatic heterocycles. The van der Waals surface area contributed by atoms with E-state index < -0.39 is 12.0 Å². The monoisotopic (exact) mass is 387 g/mol. The number of carbonyl (C=O) groups excluding carboxylic acids is 1. The summed E-state index contributed by atoms with van der Waals surface area (Å²) in [6.07, 6.45) is 0.190. The number of aliphatic hydroxyl groups excluding tert-OH is 1. The first-order valence-corrected chi connectivity index (χ1v) is 9.17. The van der Waals surface area contributed by atoms with Crippen molar-refractivity contribution in [2.24, 2.45) is 5.73 Å². The Bertz CT molecular complexity index is 796. The van der Waals surface area contributed by atoms with E-state index in [4.69, 9.17) is 10.5 Å². The second kappa shape index (κ2) is 9.70. The maximum absolute atomic E-state index is 12.2. The Morgan fingerprint density at radius 3 is 2.21 bits per heavy atom. The van der Waals surface area contributed by atoms with E-state index in [-0.39, 0.29) is 12.2 Å². The molecule has 1 unspecified atom stereocenters. The van der Waals surface area contributed by atoms with Crippen molar-refractivity contribution in [3.05, 3.63) is 35.9 Å². The van der Waals surface area contributed by atoms with Gasteiger partial charge in [0, 0.05) is 26.8 Å². The molecule has 0 fully saturated rings. The number of ether oxygens (including phenoxy) is 1. The highest BCUT2D eigenvalue weighted by Crippen LogP contribution is 2.38. The summed E-state index contributed by atoms with van der Waals surface area (Å²) in [5.74, 6) is -0.281. The summed E-state index contributed by atoms with van der Waals surface area (Å²) >= 11 is 0. The molecule has 0 saturated carbocycles. The molecule has 0 aliphatic rings. The van der Waals surface area contributed by atoms with Crippen molar-refractivity contribution in [3.63, 3.8) is 0 Å². The van der Waals surface area contributed by atoms with Gasteiger partial charge in [0.2, 0.25) is 0 Å². The van der Waals surface area contributed by atoms with Crippen LogP contribution in [0.4, 0.5) is 28.4 Å². The molecule has 8 nitrogen and oxygen atoms in total. The summed E-state index contributed by atoms with van der Waals surface area (Å²) in [5.41, 5.74) is 9.76. The summed E-state index contributed by atoms with van der Waals surface area (Å²) in [6, 6.07) is 9.11. The van der Waals surface area contributed by atoms with E-state index in [1.54, 1.807) is 18.2 Å². The molecule has 7 N–H and O–H groups in total. The maximum Gasteiger partial charge on any atom is 0.254 e. The highest BCUT2D eigenvalue weighted by Gasteiger charge is 2.20. The predicted molar refractivity (Wildman–Crippen MR) is 115 cm³/mol. The molecule has 0 spiro atoms. The minimum atomic E-state index is -0.616. The lowest BCUT2D eigenvalue weighted by Crippen LogP contribution is -2.23. The molecule has 152 valence electrons. The molecule has 0 aromatic heterocycles. The third-order valence-corrected chi connectivity index (χ3v) is 4.45. The normalized spacial score (nSPS) is 11.5. The van der Waals surface area contributed by atoms with Crippen molar-refractivity contribution < 1.29 is 14.6 Å². The molecule has 0 bridgehead atoms. The van der Waals surface area contributed by atoms with E-state index in [1.807, 2.05) is 40.2 Å². The number of hydrogen-bond acceptors (Lipinski definition) is 7. The minimum Gasteiger partial charge on any atom is -0.487 e. The lowest BCUT2D eigenvalue weighted by atomic mass is 10.1. The van der Waals surface area contributed by atoms with Gasteiger partial charge in [0.25, 0.3) is 5.91 Å². The van der Waals surface area contributed by atoms with Crippen molar-refractivity contribution in [2.75, 3.05) is 49.0 Å². The lowest BCUT2D eigenvalue weighted by molar-refractivity contribution is 0.0966. The third-order valence-electron chi connectivity index (χ3n) is 4.45. The van der Waals surface area contributed by atoms with Crippen molar-refractivity contribution in [1.29, 1.82) is 0 Å². The van der Waals surface area contributed by atoms with Gasteiger partial charge in [0.15, 0.2) is 0 Å². The van der Waals surface area contributed by atoms with Gasteiger partial charge >= 0.3 is 0 Å². The second-order valence-electron chi connectivity index (χ2n) is 6.20. The minimum absolute atomic E-state index is 0.147. The number of aliphatic hydroxyl groups is 1. The molecule has 2 rings (SSSR count). The molecule has 0 radical (unpaired) electrons. The van der Waals surface area contributed by atoms with E-state index in [0.717, 1.165) is 22.7 Å². The first-order chi connectivity index (χ1) is 13.5. The maximum atomic E-state index is 12.2. The summed E-state index contributed by atoms with van der Waals surface area (Å²) in [7, 11) is 5.49. The molecule has 8 heteroatoms. The number of benzene rings is 2. The van der Waals surface area contributed by atoms with Gasteiger partial charge in [0.05, 0.1) is 29.4 Å². The van der Waals surface area contributed by atoms with Crippen LogP contribution in [0, 0.1) is 0 Å². The Kier molecular flexibility index (Phi) is 7.34.